The van der Waals surface area contributed by atoms with Crippen LogP contribution in [0.4, 0.5) is 0 Å². The Labute approximate surface area is 108 Å². The van der Waals surface area contributed by atoms with Gasteiger partial charge in [-0.05, 0) is 46.3 Å². The van der Waals surface area contributed by atoms with Gasteiger partial charge in [-0.2, -0.15) is 0 Å². The summed E-state index contributed by atoms with van der Waals surface area (Å²) in [4.78, 5) is 5.20. The lowest BCUT2D eigenvalue weighted by molar-refractivity contribution is 0.135. The van der Waals surface area contributed by atoms with Crippen LogP contribution in [0.25, 0.3) is 0 Å². The molecule has 102 valence electrons. The number of rotatable bonds is 6. The molecule has 0 radical (unpaired) electrons. The van der Waals surface area contributed by atoms with Gasteiger partial charge < -0.3 is 10.2 Å². The molecular formula is C14H31N3. The third kappa shape index (κ3) is 4.94. The average molecular weight is 241 g/mol. The Kier molecular flexibility index (Phi) is 7.09. The molecule has 1 rings (SSSR count). The summed E-state index contributed by atoms with van der Waals surface area (Å²) in [5.74, 6) is 0. The fourth-order valence-corrected chi connectivity index (χ4v) is 2.81. The van der Waals surface area contributed by atoms with Gasteiger partial charge >= 0.3 is 0 Å². The molecule has 0 aromatic carbocycles. The summed E-state index contributed by atoms with van der Waals surface area (Å²) in [5.41, 5.74) is 0. The zero-order valence-corrected chi connectivity index (χ0v) is 12.2. The molecule has 0 aromatic rings. The first-order valence-electron chi connectivity index (χ1n) is 7.34. The maximum atomic E-state index is 3.55. The highest BCUT2D eigenvalue weighted by Gasteiger charge is 2.25. The molecule has 1 fully saturated rings. The van der Waals surface area contributed by atoms with Crippen molar-refractivity contribution in [3.05, 3.63) is 0 Å². The third-order valence-corrected chi connectivity index (χ3v) is 3.85. The van der Waals surface area contributed by atoms with Crippen molar-refractivity contribution in [2.45, 2.75) is 52.1 Å². The predicted molar refractivity (Wildman–Crippen MR) is 75.5 cm³/mol. The Morgan fingerprint density at radius 1 is 1.29 bits per heavy atom. The molecule has 1 aliphatic rings. The number of hydrogen-bond donors (Lipinski definition) is 1. The number of nitrogens with zero attached hydrogens (tertiary/aromatic N) is 2. The van der Waals surface area contributed by atoms with Gasteiger partial charge in [0, 0.05) is 31.7 Å². The molecule has 0 aromatic heterocycles. The van der Waals surface area contributed by atoms with E-state index in [-0.39, 0.29) is 0 Å². The van der Waals surface area contributed by atoms with Crippen LogP contribution in [-0.4, -0.2) is 61.7 Å². The topological polar surface area (TPSA) is 18.5 Å². The van der Waals surface area contributed by atoms with Crippen molar-refractivity contribution in [1.29, 1.82) is 0 Å². The van der Waals surface area contributed by atoms with Crippen LogP contribution in [0.3, 0.4) is 0 Å². The fourth-order valence-electron chi connectivity index (χ4n) is 2.81. The van der Waals surface area contributed by atoms with Crippen LogP contribution < -0.4 is 5.32 Å². The minimum absolute atomic E-state index is 0.665. The van der Waals surface area contributed by atoms with Gasteiger partial charge in [0.25, 0.3) is 0 Å². The lowest BCUT2D eigenvalue weighted by Crippen LogP contribution is -2.48. The van der Waals surface area contributed by atoms with E-state index in [2.05, 4.69) is 42.9 Å². The Balaban J connectivity index is 2.46. The van der Waals surface area contributed by atoms with E-state index in [9.17, 15) is 0 Å². The Morgan fingerprint density at radius 2 is 2.06 bits per heavy atom. The second-order valence-electron chi connectivity index (χ2n) is 5.47. The van der Waals surface area contributed by atoms with Gasteiger partial charge in [-0.15, -0.1) is 0 Å². The highest BCUT2D eigenvalue weighted by molar-refractivity contribution is 4.82. The molecular weight excluding hydrogens is 210 g/mol. The lowest BCUT2D eigenvalue weighted by Gasteiger charge is -2.35. The molecule has 3 nitrogen and oxygen atoms in total. The van der Waals surface area contributed by atoms with Crippen LogP contribution in [0.1, 0.15) is 40.0 Å². The SMILES string of the molecule is CCCNCC(C)N1CCCN(C)CC1CC. The quantitative estimate of drug-likeness (QED) is 0.715. The largest absolute Gasteiger partial charge is 0.315 e. The van der Waals surface area contributed by atoms with Crippen LogP contribution in [0, 0.1) is 0 Å². The first-order valence-corrected chi connectivity index (χ1v) is 7.34. The number of hydrogen-bond acceptors (Lipinski definition) is 3. The van der Waals surface area contributed by atoms with Crippen molar-refractivity contribution >= 4 is 0 Å². The van der Waals surface area contributed by atoms with E-state index in [4.69, 9.17) is 0 Å². The molecule has 0 spiro atoms. The number of likely N-dealkylation sites (N-methyl/N-ethyl adjacent to an activating group) is 1. The molecule has 1 saturated heterocycles. The fraction of sp³-hybridized carbons (Fsp3) is 1.00. The first kappa shape index (κ1) is 14.9. The summed E-state index contributed by atoms with van der Waals surface area (Å²) in [6, 6.07) is 1.40. The van der Waals surface area contributed by atoms with Crippen molar-refractivity contribution < 1.29 is 0 Å². The van der Waals surface area contributed by atoms with Crippen molar-refractivity contribution in [3.63, 3.8) is 0 Å². The van der Waals surface area contributed by atoms with E-state index in [0.29, 0.717) is 6.04 Å². The molecule has 17 heavy (non-hydrogen) atoms. The van der Waals surface area contributed by atoms with Crippen LogP contribution in [0.2, 0.25) is 0 Å². The average Bonchev–Trinajstić information content (AvgIpc) is 2.50. The Morgan fingerprint density at radius 3 is 2.71 bits per heavy atom. The molecule has 1 heterocycles. The summed E-state index contributed by atoms with van der Waals surface area (Å²) in [5, 5.41) is 3.55. The Bertz CT molecular complexity index is 196. The first-order chi connectivity index (χ1) is 8.19. The summed E-state index contributed by atoms with van der Waals surface area (Å²) < 4.78 is 0. The van der Waals surface area contributed by atoms with E-state index in [1.54, 1.807) is 0 Å². The highest BCUT2D eigenvalue weighted by atomic mass is 15.3. The van der Waals surface area contributed by atoms with E-state index in [1.807, 2.05) is 0 Å². The van der Waals surface area contributed by atoms with Crippen LogP contribution in [0.15, 0.2) is 0 Å². The maximum absolute atomic E-state index is 3.55. The molecule has 1 N–H and O–H groups in total. The second-order valence-corrected chi connectivity index (χ2v) is 5.47. The van der Waals surface area contributed by atoms with Gasteiger partial charge in [-0.3, -0.25) is 4.90 Å². The summed E-state index contributed by atoms with van der Waals surface area (Å²) >= 11 is 0. The molecule has 3 heteroatoms. The van der Waals surface area contributed by atoms with Crippen LogP contribution in [0.5, 0.6) is 0 Å². The van der Waals surface area contributed by atoms with Crippen molar-refractivity contribution in [1.82, 2.24) is 15.1 Å². The summed E-state index contributed by atoms with van der Waals surface area (Å²) in [6.07, 6.45) is 3.81. The molecule has 1 aliphatic heterocycles. The van der Waals surface area contributed by atoms with Gasteiger partial charge in [0.2, 0.25) is 0 Å². The molecule has 0 bridgehead atoms. The summed E-state index contributed by atoms with van der Waals surface area (Å²) in [7, 11) is 2.26. The van der Waals surface area contributed by atoms with Crippen LogP contribution in [-0.2, 0) is 0 Å². The van der Waals surface area contributed by atoms with Gasteiger partial charge in [0.1, 0.15) is 0 Å². The van der Waals surface area contributed by atoms with E-state index in [0.717, 1.165) is 19.1 Å². The smallest absolute Gasteiger partial charge is 0.0223 e. The molecule has 0 aliphatic carbocycles. The van der Waals surface area contributed by atoms with Gasteiger partial charge in [0.05, 0.1) is 0 Å². The highest BCUT2D eigenvalue weighted by Crippen LogP contribution is 2.14. The number of nitrogens with one attached hydrogen (secondary N) is 1. The van der Waals surface area contributed by atoms with Gasteiger partial charge in [0.15, 0.2) is 0 Å². The third-order valence-electron chi connectivity index (χ3n) is 3.85. The zero-order valence-electron chi connectivity index (χ0n) is 12.2. The molecule has 0 saturated carbocycles. The zero-order chi connectivity index (χ0) is 12.7. The van der Waals surface area contributed by atoms with E-state index < -0.39 is 0 Å². The summed E-state index contributed by atoms with van der Waals surface area (Å²) in [6.45, 7) is 12.9. The standard InChI is InChI=1S/C14H31N3/c1-5-8-15-11-13(3)17-10-7-9-16(4)12-14(17)6-2/h13-15H,5-12H2,1-4H3. The molecule has 0 amide bonds. The van der Waals surface area contributed by atoms with Gasteiger partial charge in [-0.1, -0.05) is 13.8 Å². The van der Waals surface area contributed by atoms with Gasteiger partial charge in [-0.25, -0.2) is 0 Å². The molecule has 2 unspecified atom stereocenters. The van der Waals surface area contributed by atoms with Crippen LogP contribution >= 0.6 is 0 Å². The van der Waals surface area contributed by atoms with Crippen molar-refractivity contribution in [3.8, 4) is 0 Å². The van der Waals surface area contributed by atoms with Crippen molar-refractivity contribution in [2.75, 3.05) is 39.8 Å². The maximum Gasteiger partial charge on any atom is 0.0223 e. The van der Waals surface area contributed by atoms with Crippen molar-refractivity contribution in [2.24, 2.45) is 0 Å². The minimum Gasteiger partial charge on any atom is -0.315 e. The Hall–Kier alpha value is -0.120. The lowest BCUT2D eigenvalue weighted by atomic mass is 10.1. The second kappa shape index (κ2) is 8.06. The normalized spacial score (nSPS) is 25.8. The monoisotopic (exact) mass is 241 g/mol. The van der Waals surface area contributed by atoms with E-state index >= 15 is 0 Å². The molecule has 2 atom stereocenters. The minimum atomic E-state index is 0.665. The predicted octanol–water partition coefficient (Wildman–Crippen LogP) is 1.79. The van der Waals surface area contributed by atoms with E-state index in [1.165, 1.54) is 38.9 Å².